The Bertz CT molecular complexity index is 659. The molecule has 0 bridgehead atoms. The van der Waals surface area contributed by atoms with E-state index in [1.807, 2.05) is 43.4 Å². The minimum absolute atomic E-state index is 0.250. The number of imidazole rings is 1. The van der Waals surface area contributed by atoms with Crippen molar-refractivity contribution in [3.8, 4) is 11.4 Å². The standard InChI is InChI=1S/C11H11N5S.CH2O2/c1-15-6-9(4-13-15)7-16-3-2-12-11(16)10-5-14-17-8-10;2-1-3/h2-6,8H,7H2,1H3;1H,(H,2,3). The normalized spacial score (nSPS) is 9.85. The van der Waals surface area contributed by atoms with E-state index < -0.39 is 0 Å². The summed E-state index contributed by atoms with van der Waals surface area (Å²) >= 11 is 1.44. The van der Waals surface area contributed by atoms with Gasteiger partial charge < -0.3 is 9.67 Å². The summed E-state index contributed by atoms with van der Waals surface area (Å²) in [5.41, 5.74) is 2.22. The van der Waals surface area contributed by atoms with Crippen LogP contribution in [0.4, 0.5) is 0 Å². The number of rotatable bonds is 3. The van der Waals surface area contributed by atoms with Crippen molar-refractivity contribution in [3.05, 3.63) is 41.9 Å². The van der Waals surface area contributed by atoms with Crippen LogP contribution < -0.4 is 0 Å². The summed E-state index contributed by atoms with van der Waals surface area (Å²) in [5, 5.41) is 13.1. The van der Waals surface area contributed by atoms with Crippen LogP contribution in [-0.4, -0.2) is 35.3 Å². The van der Waals surface area contributed by atoms with E-state index in [2.05, 4.69) is 19.0 Å². The summed E-state index contributed by atoms with van der Waals surface area (Å²) < 4.78 is 8.00. The van der Waals surface area contributed by atoms with Gasteiger partial charge in [0.2, 0.25) is 0 Å². The third-order valence-electron chi connectivity index (χ3n) is 2.52. The van der Waals surface area contributed by atoms with Gasteiger partial charge in [0.05, 0.1) is 18.9 Å². The third kappa shape index (κ3) is 3.29. The molecule has 0 aliphatic rings. The van der Waals surface area contributed by atoms with Gasteiger partial charge in [0.1, 0.15) is 5.82 Å². The lowest BCUT2D eigenvalue weighted by atomic mass is 10.3. The molecule has 8 heteroatoms. The molecule has 0 aromatic carbocycles. The summed E-state index contributed by atoms with van der Waals surface area (Å²) in [6, 6.07) is 0. The van der Waals surface area contributed by atoms with Crippen molar-refractivity contribution in [1.82, 2.24) is 23.7 Å². The topological polar surface area (TPSA) is 85.8 Å². The molecule has 0 saturated carbocycles. The van der Waals surface area contributed by atoms with Crippen LogP contribution in [0.25, 0.3) is 11.4 Å². The van der Waals surface area contributed by atoms with Crippen LogP contribution in [0.2, 0.25) is 0 Å². The molecule has 3 heterocycles. The molecule has 3 aromatic rings. The van der Waals surface area contributed by atoms with Gasteiger partial charge in [-0.2, -0.15) is 5.10 Å². The Hall–Kier alpha value is -2.48. The highest BCUT2D eigenvalue weighted by Gasteiger charge is 2.07. The number of carbonyl (C=O) groups is 1. The van der Waals surface area contributed by atoms with E-state index in [9.17, 15) is 0 Å². The van der Waals surface area contributed by atoms with Gasteiger partial charge >= 0.3 is 0 Å². The van der Waals surface area contributed by atoms with E-state index in [4.69, 9.17) is 9.90 Å². The van der Waals surface area contributed by atoms with E-state index in [-0.39, 0.29) is 6.47 Å². The smallest absolute Gasteiger partial charge is 0.290 e. The van der Waals surface area contributed by atoms with Gasteiger partial charge in [-0.3, -0.25) is 9.48 Å². The van der Waals surface area contributed by atoms with Crippen LogP contribution in [0.3, 0.4) is 0 Å². The average molecular weight is 291 g/mol. The van der Waals surface area contributed by atoms with Crippen molar-refractivity contribution >= 4 is 18.0 Å². The number of hydrogen-bond acceptors (Lipinski definition) is 5. The van der Waals surface area contributed by atoms with Crippen LogP contribution >= 0.6 is 11.5 Å². The molecule has 0 saturated heterocycles. The minimum Gasteiger partial charge on any atom is -0.483 e. The van der Waals surface area contributed by atoms with Crippen LogP contribution in [0.5, 0.6) is 0 Å². The zero-order chi connectivity index (χ0) is 14.4. The molecule has 3 aromatic heterocycles. The first-order chi connectivity index (χ1) is 9.74. The molecule has 20 heavy (non-hydrogen) atoms. The highest BCUT2D eigenvalue weighted by molar-refractivity contribution is 7.03. The molecule has 0 unspecified atom stereocenters. The van der Waals surface area contributed by atoms with Crippen molar-refractivity contribution in [2.24, 2.45) is 7.05 Å². The third-order valence-corrected chi connectivity index (χ3v) is 3.10. The fourth-order valence-electron chi connectivity index (χ4n) is 1.76. The maximum atomic E-state index is 8.36. The van der Waals surface area contributed by atoms with Crippen molar-refractivity contribution in [3.63, 3.8) is 0 Å². The van der Waals surface area contributed by atoms with Crippen molar-refractivity contribution < 1.29 is 9.90 Å². The van der Waals surface area contributed by atoms with Gasteiger partial charge in [-0.05, 0) is 11.5 Å². The molecule has 0 amide bonds. The first-order valence-corrected chi connectivity index (χ1v) is 6.54. The number of nitrogens with zero attached hydrogens (tertiary/aromatic N) is 5. The Balaban J connectivity index is 0.000000452. The lowest BCUT2D eigenvalue weighted by Crippen LogP contribution is -1.99. The Morgan fingerprint density at radius 1 is 1.45 bits per heavy atom. The molecule has 104 valence electrons. The largest absolute Gasteiger partial charge is 0.483 e. The lowest BCUT2D eigenvalue weighted by Gasteiger charge is -2.03. The highest BCUT2D eigenvalue weighted by Crippen LogP contribution is 2.19. The molecule has 0 atom stereocenters. The Kier molecular flexibility index (Phi) is 4.61. The molecule has 0 spiro atoms. The molecular formula is C12H13N5O2S. The summed E-state index contributed by atoms with van der Waals surface area (Å²) in [5.74, 6) is 0.947. The van der Waals surface area contributed by atoms with Gasteiger partial charge in [0.25, 0.3) is 6.47 Å². The number of hydrogen-bond donors (Lipinski definition) is 1. The second-order valence-electron chi connectivity index (χ2n) is 3.92. The summed E-state index contributed by atoms with van der Waals surface area (Å²) in [4.78, 5) is 12.7. The summed E-state index contributed by atoms with van der Waals surface area (Å²) in [6.45, 7) is 0.527. The van der Waals surface area contributed by atoms with Crippen LogP contribution in [-0.2, 0) is 18.4 Å². The molecule has 1 N–H and O–H groups in total. The van der Waals surface area contributed by atoms with Gasteiger partial charge in [0, 0.05) is 42.1 Å². The summed E-state index contributed by atoms with van der Waals surface area (Å²) in [7, 11) is 1.92. The predicted molar refractivity (Wildman–Crippen MR) is 74.3 cm³/mol. The maximum absolute atomic E-state index is 8.36. The maximum Gasteiger partial charge on any atom is 0.290 e. The second kappa shape index (κ2) is 6.62. The van der Waals surface area contributed by atoms with Crippen molar-refractivity contribution in [2.45, 2.75) is 6.54 Å². The minimum atomic E-state index is -0.250. The molecule has 0 aliphatic carbocycles. The van der Waals surface area contributed by atoms with Crippen LogP contribution in [0.1, 0.15) is 5.56 Å². The zero-order valence-electron chi connectivity index (χ0n) is 10.7. The van der Waals surface area contributed by atoms with Crippen molar-refractivity contribution in [1.29, 1.82) is 0 Å². The first-order valence-electron chi connectivity index (χ1n) is 5.71. The van der Waals surface area contributed by atoms with Gasteiger partial charge in [-0.1, -0.05) is 0 Å². The number of carboxylic acid groups (broad SMARTS) is 1. The predicted octanol–water partition coefficient (Wildman–Crippen LogP) is 1.49. The van der Waals surface area contributed by atoms with Gasteiger partial charge in [-0.25, -0.2) is 9.36 Å². The molecule has 3 rings (SSSR count). The molecule has 0 fully saturated rings. The van der Waals surface area contributed by atoms with E-state index in [0.29, 0.717) is 0 Å². The van der Waals surface area contributed by atoms with Gasteiger partial charge in [0.15, 0.2) is 0 Å². The molecule has 0 aliphatic heterocycles. The van der Waals surface area contributed by atoms with Crippen LogP contribution in [0, 0.1) is 0 Å². The van der Waals surface area contributed by atoms with E-state index in [0.717, 1.165) is 23.5 Å². The average Bonchev–Trinajstić information content (AvgIpc) is 3.12. The first kappa shape index (κ1) is 13.9. The van der Waals surface area contributed by atoms with Gasteiger partial charge in [-0.15, -0.1) is 0 Å². The summed E-state index contributed by atoms with van der Waals surface area (Å²) in [6.07, 6.45) is 9.50. The van der Waals surface area contributed by atoms with Crippen LogP contribution in [0.15, 0.2) is 36.4 Å². The van der Waals surface area contributed by atoms with E-state index in [1.165, 1.54) is 11.5 Å². The fraction of sp³-hybridized carbons (Fsp3) is 0.167. The lowest BCUT2D eigenvalue weighted by molar-refractivity contribution is -0.122. The highest BCUT2D eigenvalue weighted by atomic mass is 32.1. The number of aryl methyl sites for hydroxylation is 1. The zero-order valence-corrected chi connectivity index (χ0v) is 11.6. The van der Waals surface area contributed by atoms with Crippen molar-refractivity contribution in [2.75, 3.05) is 0 Å². The monoisotopic (exact) mass is 291 g/mol. The fourth-order valence-corrected chi connectivity index (χ4v) is 2.28. The molecule has 7 nitrogen and oxygen atoms in total. The SMILES string of the molecule is Cn1cc(Cn2ccnc2-c2cnsc2)cn1.O=CO. The van der Waals surface area contributed by atoms with E-state index in [1.54, 1.807) is 4.68 Å². The molecule has 0 radical (unpaired) electrons. The Morgan fingerprint density at radius 3 is 2.85 bits per heavy atom. The Labute approximate surface area is 119 Å². The Morgan fingerprint density at radius 2 is 2.25 bits per heavy atom. The molecular weight excluding hydrogens is 278 g/mol. The quantitative estimate of drug-likeness (QED) is 0.739. The second-order valence-corrected chi connectivity index (χ2v) is 4.58. The van der Waals surface area contributed by atoms with E-state index >= 15 is 0 Å². The number of aromatic nitrogens is 5.